The topological polar surface area (TPSA) is 39.7 Å². The van der Waals surface area contributed by atoms with Crippen molar-refractivity contribution in [2.75, 3.05) is 46.8 Å². The largest absolute Gasteiger partial charge is 0.348 e. The smallest absolute Gasteiger partial charge is 0.236 e. The lowest BCUT2D eigenvalue weighted by atomic mass is 9.79. The lowest BCUT2D eigenvalue weighted by molar-refractivity contribution is -0.130. The van der Waals surface area contributed by atoms with E-state index in [1.165, 1.54) is 19.3 Å². The average Bonchev–Trinajstić information content (AvgIpc) is 2.90. The normalized spacial score (nSPS) is 25.8. The summed E-state index contributed by atoms with van der Waals surface area (Å²) in [6.07, 6.45) is 5.61. The van der Waals surface area contributed by atoms with Crippen LogP contribution in [0.4, 0.5) is 0 Å². The minimum atomic E-state index is 0.213. The number of likely N-dealkylation sites (tertiary alicyclic amines) is 2. The van der Waals surface area contributed by atoms with Gasteiger partial charge in [-0.15, -0.1) is 0 Å². The average molecular weight is 316 g/mol. The van der Waals surface area contributed by atoms with E-state index in [2.05, 4.69) is 26.9 Å². The van der Waals surface area contributed by atoms with E-state index < -0.39 is 0 Å². The van der Waals surface area contributed by atoms with Gasteiger partial charge in [-0.1, -0.05) is 6.07 Å². The van der Waals surface area contributed by atoms with Crippen LogP contribution in [0.25, 0.3) is 0 Å². The van der Waals surface area contributed by atoms with Gasteiger partial charge in [-0.05, 0) is 49.9 Å². The highest BCUT2D eigenvalue weighted by Crippen LogP contribution is 2.39. The number of hydrogen-bond donors (Lipinski definition) is 0. The fourth-order valence-corrected chi connectivity index (χ4v) is 3.99. The molecule has 5 nitrogen and oxygen atoms in total. The highest BCUT2D eigenvalue weighted by molar-refractivity contribution is 5.77. The second kappa shape index (κ2) is 6.97. The predicted octanol–water partition coefficient (Wildman–Crippen LogP) is 1.46. The van der Waals surface area contributed by atoms with Crippen molar-refractivity contribution in [1.82, 2.24) is 19.7 Å². The molecule has 0 aliphatic carbocycles. The Balaban J connectivity index is 1.56. The fraction of sp³-hybridized carbons (Fsp3) is 0.667. The standard InChI is InChI=1S/C18H28N4O/c1-20(2)17(23)13-21-10-5-7-18(14-21)8-11-22(15-18)12-16-6-3-4-9-19-16/h3-4,6,9H,5,7-8,10-15H2,1-2H3. The molecule has 2 aliphatic rings. The highest BCUT2D eigenvalue weighted by Gasteiger charge is 2.41. The fourth-order valence-electron chi connectivity index (χ4n) is 3.99. The van der Waals surface area contributed by atoms with Crippen molar-refractivity contribution in [1.29, 1.82) is 0 Å². The summed E-state index contributed by atoms with van der Waals surface area (Å²) in [5.41, 5.74) is 1.53. The highest BCUT2D eigenvalue weighted by atomic mass is 16.2. The summed E-state index contributed by atoms with van der Waals surface area (Å²) in [6.45, 7) is 5.91. The van der Waals surface area contributed by atoms with Crippen LogP contribution in [0.2, 0.25) is 0 Å². The molecule has 0 bridgehead atoms. The number of rotatable bonds is 4. The van der Waals surface area contributed by atoms with E-state index in [1.807, 2.05) is 26.4 Å². The summed E-state index contributed by atoms with van der Waals surface area (Å²) < 4.78 is 0. The van der Waals surface area contributed by atoms with E-state index >= 15 is 0 Å². The molecule has 3 heterocycles. The first kappa shape index (κ1) is 16.4. The third kappa shape index (κ3) is 4.09. The number of pyridine rings is 1. The number of piperidine rings is 1. The first-order chi connectivity index (χ1) is 11.1. The predicted molar refractivity (Wildman–Crippen MR) is 90.9 cm³/mol. The van der Waals surface area contributed by atoms with Crippen LogP contribution in [0.1, 0.15) is 25.0 Å². The summed E-state index contributed by atoms with van der Waals surface area (Å²) in [6, 6.07) is 6.13. The Kier molecular flexibility index (Phi) is 4.97. The molecule has 1 atom stereocenters. The van der Waals surface area contributed by atoms with Crippen LogP contribution in [0.3, 0.4) is 0 Å². The molecule has 126 valence electrons. The molecule has 1 aromatic rings. The first-order valence-electron chi connectivity index (χ1n) is 8.61. The molecule has 1 unspecified atom stereocenters. The summed E-state index contributed by atoms with van der Waals surface area (Å²) >= 11 is 0. The molecule has 1 aromatic heterocycles. The maximum absolute atomic E-state index is 12.0. The summed E-state index contributed by atoms with van der Waals surface area (Å²) in [5, 5.41) is 0. The lowest BCUT2D eigenvalue weighted by Gasteiger charge is -2.40. The molecule has 2 aliphatic heterocycles. The van der Waals surface area contributed by atoms with Gasteiger partial charge in [0.15, 0.2) is 0 Å². The van der Waals surface area contributed by atoms with Crippen LogP contribution in [0.15, 0.2) is 24.4 Å². The molecule has 1 amide bonds. The molecule has 0 saturated carbocycles. The van der Waals surface area contributed by atoms with Crippen molar-refractivity contribution >= 4 is 5.91 Å². The third-order valence-electron chi connectivity index (χ3n) is 5.23. The van der Waals surface area contributed by atoms with Crippen LogP contribution in [0, 0.1) is 5.41 Å². The molecule has 3 rings (SSSR count). The molecule has 2 saturated heterocycles. The van der Waals surface area contributed by atoms with Gasteiger partial charge in [-0.2, -0.15) is 0 Å². The second-order valence-corrected chi connectivity index (χ2v) is 7.38. The number of hydrogen-bond acceptors (Lipinski definition) is 4. The molecule has 2 fully saturated rings. The van der Waals surface area contributed by atoms with Gasteiger partial charge in [0.2, 0.25) is 5.91 Å². The van der Waals surface area contributed by atoms with Crippen molar-refractivity contribution in [3.63, 3.8) is 0 Å². The van der Waals surface area contributed by atoms with Crippen LogP contribution >= 0.6 is 0 Å². The number of likely N-dealkylation sites (N-methyl/N-ethyl adjacent to an activating group) is 1. The number of carbonyl (C=O) groups is 1. The Labute approximate surface area is 139 Å². The quantitative estimate of drug-likeness (QED) is 0.843. The molecule has 0 N–H and O–H groups in total. The van der Waals surface area contributed by atoms with Crippen LogP contribution in [-0.2, 0) is 11.3 Å². The molecular weight excluding hydrogens is 288 g/mol. The van der Waals surface area contributed by atoms with E-state index in [0.29, 0.717) is 12.0 Å². The van der Waals surface area contributed by atoms with E-state index in [1.54, 1.807) is 4.90 Å². The Morgan fingerprint density at radius 2 is 2.04 bits per heavy atom. The van der Waals surface area contributed by atoms with Gasteiger partial charge in [0.1, 0.15) is 0 Å². The van der Waals surface area contributed by atoms with Crippen molar-refractivity contribution in [3.8, 4) is 0 Å². The van der Waals surface area contributed by atoms with Crippen molar-refractivity contribution in [2.45, 2.75) is 25.8 Å². The van der Waals surface area contributed by atoms with Gasteiger partial charge < -0.3 is 4.90 Å². The van der Waals surface area contributed by atoms with Crippen LogP contribution in [-0.4, -0.2) is 72.4 Å². The van der Waals surface area contributed by atoms with Gasteiger partial charge in [0.05, 0.1) is 12.2 Å². The van der Waals surface area contributed by atoms with Gasteiger partial charge in [-0.3, -0.25) is 19.6 Å². The Morgan fingerprint density at radius 1 is 1.22 bits per heavy atom. The lowest BCUT2D eigenvalue weighted by Crippen LogP contribution is -2.48. The monoisotopic (exact) mass is 316 g/mol. The van der Waals surface area contributed by atoms with E-state index in [0.717, 1.165) is 38.4 Å². The zero-order valence-corrected chi connectivity index (χ0v) is 14.4. The molecule has 1 spiro atoms. The first-order valence-corrected chi connectivity index (χ1v) is 8.61. The second-order valence-electron chi connectivity index (χ2n) is 7.38. The van der Waals surface area contributed by atoms with Gasteiger partial charge >= 0.3 is 0 Å². The zero-order valence-electron chi connectivity index (χ0n) is 14.4. The Morgan fingerprint density at radius 3 is 2.78 bits per heavy atom. The van der Waals surface area contributed by atoms with Crippen LogP contribution in [0.5, 0.6) is 0 Å². The Hall–Kier alpha value is -1.46. The summed E-state index contributed by atoms with van der Waals surface area (Å²) in [4.78, 5) is 23.0. The molecule has 0 aromatic carbocycles. The van der Waals surface area contributed by atoms with Gasteiger partial charge in [0.25, 0.3) is 0 Å². The number of nitrogens with zero attached hydrogens (tertiary/aromatic N) is 4. The van der Waals surface area contributed by atoms with Gasteiger partial charge in [0, 0.05) is 39.9 Å². The van der Waals surface area contributed by atoms with Crippen LogP contribution < -0.4 is 0 Å². The zero-order chi connectivity index (χ0) is 16.3. The minimum Gasteiger partial charge on any atom is -0.348 e. The SMILES string of the molecule is CN(C)C(=O)CN1CCCC2(CCN(Cc3ccccn3)C2)C1. The number of amides is 1. The maximum atomic E-state index is 12.0. The molecule has 5 heteroatoms. The van der Waals surface area contributed by atoms with E-state index in [4.69, 9.17) is 0 Å². The van der Waals surface area contributed by atoms with Crippen molar-refractivity contribution < 1.29 is 4.79 Å². The Bertz CT molecular complexity index is 533. The minimum absolute atomic E-state index is 0.213. The molecular formula is C18H28N4O. The van der Waals surface area contributed by atoms with Crippen molar-refractivity contribution in [3.05, 3.63) is 30.1 Å². The molecule has 0 radical (unpaired) electrons. The van der Waals surface area contributed by atoms with E-state index in [-0.39, 0.29) is 5.91 Å². The summed E-state index contributed by atoms with van der Waals surface area (Å²) in [5.74, 6) is 0.213. The number of carbonyl (C=O) groups excluding carboxylic acids is 1. The maximum Gasteiger partial charge on any atom is 0.236 e. The van der Waals surface area contributed by atoms with Crippen molar-refractivity contribution in [2.24, 2.45) is 5.41 Å². The third-order valence-corrected chi connectivity index (χ3v) is 5.23. The summed E-state index contributed by atoms with van der Waals surface area (Å²) in [7, 11) is 3.68. The molecule has 23 heavy (non-hydrogen) atoms. The van der Waals surface area contributed by atoms with Gasteiger partial charge in [-0.25, -0.2) is 0 Å². The number of aromatic nitrogens is 1. The van der Waals surface area contributed by atoms with E-state index in [9.17, 15) is 4.79 Å².